The van der Waals surface area contributed by atoms with Crippen LogP contribution in [0.2, 0.25) is 0 Å². The molecule has 0 fully saturated rings. The number of nitrogens with one attached hydrogen (secondary N) is 1. The summed E-state index contributed by atoms with van der Waals surface area (Å²) in [6, 6.07) is 35.1. The zero-order valence-corrected chi connectivity index (χ0v) is 38.5. The van der Waals surface area contributed by atoms with Crippen LogP contribution in [0.4, 0.5) is 17.1 Å². The molecule has 5 aromatic carbocycles. The van der Waals surface area contributed by atoms with E-state index >= 15 is 0 Å². The number of allylic oxidation sites excluding steroid dienone is 5. The molecule has 307 valence electrons. The van der Waals surface area contributed by atoms with E-state index in [9.17, 15) is 25.9 Å². The molecule has 0 atom stereocenters. The molecule has 60 heavy (non-hydrogen) atoms. The van der Waals surface area contributed by atoms with Crippen molar-refractivity contribution in [2.24, 2.45) is 0 Å². The van der Waals surface area contributed by atoms with Crippen molar-refractivity contribution < 1.29 is 35.3 Å². The Balaban J connectivity index is 0.00000683. The van der Waals surface area contributed by atoms with Crippen LogP contribution in [0.3, 0.4) is 0 Å². The summed E-state index contributed by atoms with van der Waals surface area (Å²) in [7, 11) is -8.90. The smallest absolute Gasteiger partial charge is 0.294 e. The van der Waals surface area contributed by atoms with Crippen LogP contribution >= 0.6 is 0 Å². The minimum absolute atomic E-state index is 0. The monoisotopic (exact) mass is 854 g/mol. The van der Waals surface area contributed by atoms with Gasteiger partial charge in [0.25, 0.3) is 10.1 Å². The second kappa shape index (κ2) is 20.2. The van der Waals surface area contributed by atoms with Gasteiger partial charge in [-0.15, -0.1) is 0 Å². The van der Waals surface area contributed by atoms with Crippen molar-refractivity contribution in [3.63, 3.8) is 0 Å². The van der Waals surface area contributed by atoms with Gasteiger partial charge in [0.05, 0.1) is 16.4 Å². The molecule has 1 aliphatic carbocycles. The van der Waals surface area contributed by atoms with Gasteiger partial charge in [-0.05, 0) is 152 Å². The second-order valence-corrected chi connectivity index (χ2v) is 17.1. The van der Waals surface area contributed by atoms with Gasteiger partial charge in [0.1, 0.15) is 22.4 Å². The maximum atomic E-state index is 11.8. The summed E-state index contributed by atoms with van der Waals surface area (Å²) in [5.41, 5.74) is 11.5. The molecule has 0 heterocycles. The molecule has 6 rings (SSSR count). The topological polar surface area (TPSA) is 139 Å². The summed E-state index contributed by atoms with van der Waals surface area (Å²) >= 11 is 0. The molecule has 0 spiro atoms. The molecule has 0 aliphatic heterocycles. The summed E-state index contributed by atoms with van der Waals surface area (Å²) in [6.45, 7) is 13.0. The number of aryl methyl sites for hydroxylation is 1. The number of nitrogens with zero attached hydrogens (tertiary/aromatic N) is 2. The number of ether oxygens (including phenoxy) is 1. The van der Waals surface area contributed by atoms with Gasteiger partial charge in [-0.1, -0.05) is 42.5 Å². The van der Waals surface area contributed by atoms with Crippen molar-refractivity contribution in [1.82, 2.24) is 0 Å². The number of anilines is 3. The minimum atomic E-state index is -4.57. The van der Waals surface area contributed by atoms with Gasteiger partial charge in [-0.3, -0.25) is 4.55 Å². The van der Waals surface area contributed by atoms with E-state index in [0.29, 0.717) is 32.8 Å². The van der Waals surface area contributed by atoms with Gasteiger partial charge >= 0.3 is 0 Å². The SMILES string of the molecule is CCOc1ccc(Nc2ccc(/C(=C3\C=CC(=[N+](CC)Cc4cccc(S(=O)(=O)O)c4)C=C3C)c3ccc(N(CC)Cc4cccc(S(=O)(=O)[O-])c4)cc3C)cc2)cc1.[Na]. The molecule has 0 amide bonds. The Morgan fingerprint density at radius 3 is 2.00 bits per heavy atom. The summed E-state index contributed by atoms with van der Waals surface area (Å²) in [4.78, 5) is 1.76. The van der Waals surface area contributed by atoms with Crippen LogP contribution in [0, 0.1) is 6.92 Å². The van der Waals surface area contributed by atoms with E-state index in [1.807, 2.05) is 57.2 Å². The summed E-state index contributed by atoms with van der Waals surface area (Å²) in [5, 5.41) is 3.48. The first-order valence-electron chi connectivity index (χ1n) is 19.5. The van der Waals surface area contributed by atoms with Crippen LogP contribution in [-0.2, 0) is 33.3 Å². The third-order valence-electron chi connectivity index (χ3n) is 10.2. The average molecular weight is 855 g/mol. The van der Waals surface area contributed by atoms with Crippen molar-refractivity contribution >= 4 is 78.1 Å². The summed E-state index contributed by atoms with van der Waals surface area (Å²) in [5.74, 6) is 0.815. The van der Waals surface area contributed by atoms with E-state index in [2.05, 4.69) is 89.3 Å². The van der Waals surface area contributed by atoms with E-state index in [-0.39, 0.29) is 39.3 Å². The molecule has 0 bridgehead atoms. The van der Waals surface area contributed by atoms with Gasteiger partial charge < -0.3 is 19.5 Å². The third kappa shape index (κ3) is 11.5. The Hall–Kier alpha value is -4.79. The molecule has 0 saturated carbocycles. The van der Waals surface area contributed by atoms with E-state index in [4.69, 9.17) is 4.74 Å². The number of benzene rings is 5. The fraction of sp³-hybridized carbons (Fsp3) is 0.213. The zero-order valence-electron chi connectivity index (χ0n) is 34.8. The molecule has 1 aliphatic rings. The molecular weight excluding hydrogens is 806 g/mol. The Kier molecular flexibility index (Phi) is 15.6. The first-order valence-corrected chi connectivity index (χ1v) is 22.3. The molecule has 0 aromatic heterocycles. The Bertz CT molecular complexity index is 2690. The fourth-order valence-corrected chi connectivity index (χ4v) is 8.30. The van der Waals surface area contributed by atoms with Crippen molar-refractivity contribution in [2.75, 3.05) is 29.9 Å². The molecule has 1 radical (unpaired) electrons. The van der Waals surface area contributed by atoms with E-state index in [1.54, 1.807) is 12.1 Å². The van der Waals surface area contributed by atoms with Gasteiger partial charge in [0.15, 0.2) is 12.3 Å². The zero-order chi connectivity index (χ0) is 42.3. The average Bonchev–Trinajstić information content (AvgIpc) is 3.21. The normalized spacial score (nSPS) is 14.5. The fourth-order valence-electron chi connectivity index (χ4n) is 7.21. The predicted molar refractivity (Wildman–Crippen MR) is 240 cm³/mol. The minimum Gasteiger partial charge on any atom is -0.744 e. The van der Waals surface area contributed by atoms with Crippen LogP contribution in [-0.4, -0.2) is 85.5 Å². The number of hydrogen-bond acceptors (Lipinski definition) is 8. The molecule has 0 unspecified atom stereocenters. The summed E-state index contributed by atoms with van der Waals surface area (Å²) in [6.07, 6.45) is 6.36. The van der Waals surface area contributed by atoms with Crippen molar-refractivity contribution in [2.45, 2.75) is 57.5 Å². The molecule has 2 N–H and O–H groups in total. The number of rotatable bonds is 15. The Morgan fingerprint density at radius 2 is 1.42 bits per heavy atom. The van der Waals surface area contributed by atoms with E-state index in [0.717, 1.165) is 73.1 Å². The van der Waals surface area contributed by atoms with Gasteiger partial charge in [0, 0.05) is 77.4 Å². The molecular formula is C47H49N3NaO7S2. The maximum absolute atomic E-state index is 11.8. The molecule has 5 aromatic rings. The van der Waals surface area contributed by atoms with Crippen LogP contribution in [0.5, 0.6) is 5.75 Å². The standard InChI is InChI=1S/C47H49N3O7S2.Na/c1-6-49(31-35-11-9-13-43(29-35)58(51,52)53)40-21-25-45(33(4)27-40)47(37-15-17-38(18-16-37)48-39-19-23-42(24-20-39)57-8-3)46-26-22-41(28-34(46)5)50(7-2)32-36-12-10-14-44(30-36)59(54,55)56;/h9-30H,6-8,31-32H2,1-5H3,(H2,51,52,53,54,55,56);. The van der Waals surface area contributed by atoms with Gasteiger partial charge in [0.2, 0.25) is 0 Å². The number of hydrogen-bond donors (Lipinski definition) is 2. The first-order chi connectivity index (χ1) is 28.2. The Labute approximate surface area is 376 Å². The van der Waals surface area contributed by atoms with Crippen molar-refractivity contribution in [1.29, 1.82) is 0 Å². The van der Waals surface area contributed by atoms with Crippen LogP contribution < -0.4 is 15.0 Å². The molecule has 13 heteroatoms. The van der Waals surface area contributed by atoms with Crippen molar-refractivity contribution in [3.05, 3.63) is 172 Å². The quantitative estimate of drug-likeness (QED) is 0.0601. The molecule has 0 saturated heterocycles. The largest absolute Gasteiger partial charge is 0.744 e. The second-order valence-electron chi connectivity index (χ2n) is 14.3. The van der Waals surface area contributed by atoms with E-state index < -0.39 is 20.2 Å². The van der Waals surface area contributed by atoms with E-state index in [1.165, 1.54) is 24.3 Å². The van der Waals surface area contributed by atoms with Crippen LogP contribution in [0.15, 0.2) is 154 Å². The summed E-state index contributed by atoms with van der Waals surface area (Å²) < 4.78 is 76.2. The third-order valence-corrected chi connectivity index (χ3v) is 11.9. The van der Waals surface area contributed by atoms with Gasteiger partial charge in [-0.2, -0.15) is 8.42 Å². The van der Waals surface area contributed by atoms with Crippen LogP contribution in [0.25, 0.3) is 5.57 Å². The first kappa shape index (κ1) is 46.3. The van der Waals surface area contributed by atoms with Crippen molar-refractivity contribution in [3.8, 4) is 5.75 Å². The predicted octanol–water partition coefficient (Wildman–Crippen LogP) is 8.93. The van der Waals surface area contributed by atoms with Crippen LogP contribution in [0.1, 0.15) is 55.5 Å². The Morgan fingerprint density at radius 1 is 0.783 bits per heavy atom. The maximum Gasteiger partial charge on any atom is 0.294 e. The van der Waals surface area contributed by atoms with Gasteiger partial charge in [-0.25, -0.2) is 13.0 Å². The molecule has 10 nitrogen and oxygen atoms in total.